The van der Waals surface area contributed by atoms with Gasteiger partial charge in [0.05, 0.1) is 26.4 Å². The zero-order chi connectivity index (χ0) is 73.7. The Balaban J connectivity index is -0.000000165. The van der Waals surface area contributed by atoms with Gasteiger partial charge in [0, 0.05) is 25.7 Å². The number of hydrogen-bond donors (Lipinski definition) is 0. The molecule has 0 saturated carbocycles. The summed E-state index contributed by atoms with van der Waals surface area (Å²) in [4.78, 5) is 45.0. The molecule has 0 unspecified atom stereocenters. The minimum absolute atomic E-state index is 0. The number of allylic oxidation sites excluding steroid dienone is 8. The van der Waals surface area contributed by atoms with Crippen LogP contribution < -0.4 is 0 Å². The Hall–Kier alpha value is 0.187. The average Bonchev–Trinajstić information content (AvgIpc) is 3.63. The van der Waals surface area contributed by atoms with Crippen molar-refractivity contribution in [2.24, 2.45) is 0 Å². The second-order valence-corrected chi connectivity index (χ2v) is 29.5. The van der Waals surface area contributed by atoms with Gasteiger partial charge in [-0.05, 0) is 77.0 Å². The van der Waals surface area contributed by atoms with Gasteiger partial charge in [-0.15, -0.1) is 23.0 Å². The predicted molar refractivity (Wildman–Crippen MR) is 483 cm³/mol. The van der Waals surface area contributed by atoms with Crippen LogP contribution in [-0.4, -0.2) is 121 Å². The van der Waals surface area contributed by atoms with E-state index in [0.29, 0.717) is 75.1 Å². The fourth-order valence-electron chi connectivity index (χ4n) is 11.8. The summed E-state index contributed by atoms with van der Waals surface area (Å²) in [5.41, 5.74) is 0. The molecule has 0 aliphatic carbocycles. The number of unbranched alkanes of at least 4 members (excludes halogenated alkanes) is 52. The SMILES string of the molecule is C.C.CCCCCCCCCCCCCCC/C=C/CCC(=O)OCC[S-].CCCCCCCCCCCCCCC/C=C/CCC(=O)OCC[S-].CCCCCCCCCCCCCCC/C=C/CCC(=O)OCC[S-].CCCCCCCCCCCCCCC/C=C/CCC(=O)OCC[S-].S.[Sn+2].[Sn+2]. The number of hydrogen-bond acceptors (Lipinski definition) is 12. The fraction of sp³-hybridized carbons (Fsp3) is 0.867. The van der Waals surface area contributed by atoms with Crippen molar-refractivity contribution in [3.8, 4) is 0 Å². The molecule has 0 amide bonds. The second-order valence-electron chi connectivity index (χ2n) is 27.9. The summed E-state index contributed by atoms with van der Waals surface area (Å²) in [6, 6.07) is 0. The van der Waals surface area contributed by atoms with Crippen molar-refractivity contribution in [3.05, 3.63) is 48.6 Å². The van der Waals surface area contributed by atoms with Gasteiger partial charge in [0.25, 0.3) is 0 Å². The summed E-state index contributed by atoms with van der Waals surface area (Å²) in [5.74, 6) is 1.43. The molecule has 0 spiro atoms. The van der Waals surface area contributed by atoms with Crippen LogP contribution in [-0.2, 0) is 88.6 Å². The molecule has 8 nitrogen and oxygen atoms in total. The molecule has 0 heterocycles. The van der Waals surface area contributed by atoms with E-state index >= 15 is 0 Å². The zero-order valence-electron chi connectivity index (χ0n) is 67.9. The zero-order valence-corrected chi connectivity index (χ0v) is 77.9. The molecule has 0 aromatic rings. The smallest absolute Gasteiger partial charge is 0.789 e. The quantitative estimate of drug-likeness (QED) is 0.0145. The molecule has 0 rings (SSSR count). The van der Waals surface area contributed by atoms with Gasteiger partial charge in [0.1, 0.15) is 0 Å². The van der Waals surface area contributed by atoms with Crippen LogP contribution in [0.3, 0.4) is 0 Å². The Kier molecular flexibility index (Phi) is 141. The third-order valence-electron chi connectivity index (χ3n) is 18.0. The van der Waals surface area contributed by atoms with E-state index in [1.54, 1.807) is 0 Å². The summed E-state index contributed by atoms with van der Waals surface area (Å²) >= 11 is 18.9. The van der Waals surface area contributed by atoms with Gasteiger partial charge < -0.3 is 69.5 Å². The van der Waals surface area contributed by atoms with E-state index in [0.717, 1.165) is 51.4 Å². The van der Waals surface area contributed by atoms with Crippen LogP contribution in [0.15, 0.2) is 48.6 Å². The molecule has 15 heteroatoms. The van der Waals surface area contributed by atoms with Crippen molar-refractivity contribution in [1.82, 2.24) is 0 Å². The molecule has 105 heavy (non-hydrogen) atoms. The Bertz CT molecular complexity index is 1470. The largest absolute Gasteiger partial charge is 2.00 e. The first-order valence-corrected chi connectivity index (χ1v) is 45.1. The third-order valence-corrected chi connectivity index (χ3v) is 18.7. The van der Waals surface area contributed by atoms with Crippen LogP contribution in [0, 0.1) is 0 Å². The van der Waals surface area contributed by atoms with E-state index in [2.05, 4.69) is 76.3 Å². The molecule has 0 bridgehead atoms. The molecule has 0 atom stereocenters. The van der Waals surface area contributed by atoms with Gasteiger partial charge in [0.15, 0.2) is 0 Å². The average molecular weight is 1780 g/mol. The molecule has 620 valence electrons. The van der Waals surface area contributed by atoms with E-state index in [9.17, 15) is 19.2 Å². The number of ether oxygens (including phenoxy) is 4. The maximum absolute atomic E-state index is 11.3. The van der Waals surface area contributed by atoms with Gasteiger partial charge in [-0.25, -0.2) is 0 Å². The molecular formula is C90H174O8S5Sn2. The molecule has 0 aliphatic heterocycles. The van der Waals surface area contributed by atoms with Crippen molar-refractivity contribution in [1.29, 1.82) is 0 Å². The minimum Gasteiger partial charge on any atom is -0.789 e. The topological polar surface area (TPSA) is 105 Å². The maximum Gasteiger partial charge on any atom is 2.00 e. The minimum atomic E-state index is -0.129. The van der Waals surface area contributed by atoms with Gasteiger partial charge in [-0.1, -0.05) is 399 Å². The van der Waals surface area contributed by atoms with Gasteiger partial charge in [0.2, 0.25) is 0 Å². The predicted octanol–water partition coefficient (Wildman–Crippen LogP) is 28.2. The monoisotopic (exact) mass is 1780 g/mol. The molecule has 0 fully saturated rings. The van der Waals surface area contributed by atoms with Crippen LogP contribution in [0.1, 0.15) is 453 Å². The summed E-state index contributed by atoms with van der Waals surface area (Å²) in [6.07, 6.45) is 99.5. The second kappa shape index (κ2) is 120. The third kappa shape index (κ3) is 128. The summed E-state index contributed by atoms with van der Waals surface area (Å²) in [5, 5.41) is 0. The normalized spacial score (nSPS) is 10.7. The Labute approximate surface area is 719 Å². The standard InChI is InChI=1S/4C22H42O2S.2CH4.H2S.2Sn/c4*1-2-3-4-5-6-7-8-9-10-11-12-13-14-15-16-17-18-19-22(23)24-20-21-25;;;;;/h4*16-17,25H,2-15,18-21H2,1H3;2*1H4;1H2;;/q;;;;;;;2*+2/p-4/b4*17-16+;;;;;. The molecule has 0 aliphatic rings. The van der Waals surface area contributed by atoms with E-state index in [4.69, 9.17) is 69.5 Å². The first-order chi connectivity index (χ1) is 49.2. The Morgan fingerprint density at radius 2 is 0.324 bits per heavy atom. The van der Waals surface area contributed by atoms with Gasteiger partial charge >= 0.3 is 71.7 Å². The Morgan fingerprint density at radius 3 is 0.448 bits per heavy atom. The van der Waals surface area contributed by atoms with E-state index < -0.39 is 0 Å². The van der Waals surface area contributed by atoms with Crippen molar-refractivity contribution in [3.63, 3.8) is 0 Å². The van der Waals surface area contributed by atoms with Gasteiger partial charge in [-0.3, -0.25) is 19.2 Å². The molecule has 0 N–H and O–H groups in total. The van der Waals surface area contributed by atoms with Crippen LogP contribution in [0.4, 0.5) is 0 Å². The molecule has 0 saturated heterocycles. The summed E-state index contributed by atoms with van der Waals surface area (Å²) in [6.45, 7) is 10.6. The number of carbonyl (C=O) groups is 4. The number of rotatable bonds is 76. The molecular weight excluding hydrogens is 1610 g/mol. The molecule has 4 radical (unpaired) electrons. The summed E-state index contributed by atoms with van der Waals surface area (Å²) in [7, 11) is 0. The van der Waals surface area contributed by atoms with Crippen molar-refractivity contribution in [2.75, 3.05) is 49.4 Å². The number of carbonyl (C=O) groups excluding carboxylic acids is 4. The fourth-order valence-corrected chi connectivity index (χ4v) is 12.1. The molecule has 0 aromatic carbocycles. The van der Waals surface area contributed by atoms with E-state index in [1.165, 1.54) is 334 Å². The van der Waals surface area contributed by atoms with Crippen molar-refractivity contribution >= 4 is 136 Å². The maximum atomic E-state index is 11.3. The van der Waals surface area contributed by atoms with Gasteiger partial charge in [-0.2, -0.15) is 13.5 Å². The van der Waals surface area contributed by atoms with E-state index in [1.807, 2.05) is 0 Å². The van der Waals surface area contributed by atoms with Crippen LogP contribution >= 0.6 is 13.5 Å². The first-order valence-electron chi connectivity index (χ1n) is 42.8. The summed E-state index contributed by atoms with van der Waals surface area (Å²) < 4.78 is 19.8. The van der Waals surface area contributed by atoms with Crippen molar-refractivity contribution in [2.45, 2.75) is 453 Å². The van der Waals surface area contributed by atoms with Crippen LogP contribution in [0.25, 0.3) is 0 Å². The molecule has 0 aromatic heterocycles. The number of esters is 4. The van der Waals surface area contributed by atoms with E-state index in [-0.39, 0.29) is 100 Å². The van der Waals surface area contributed by atoms with Crippen LogP contribution in [0.2, 0.25) is 0 Å². The Morgan fingerprint density at radius 1 is 0.210 bits per heavy atom. The van der Waals surface area contributed by atoms with Crippen molar-refractivity contribution < 1.29 is 38.1 Å². The van der Waals surface area contributed by atoms with Crippen LogP contribution in [0.5, 0.6) is 0 Å². The first kappa shape index (κ1) is 123.